The summed E-state index contributed by atoms with van der Waals surface area (Å²) in [5.41, 5.74) is 1.58. The van der Waals surface area contributed by atoms with Crippen LogP contribution in [0.15, 0.2) is 71.6 Å². The van der Waals surface area contributed by atoms with Crippen molar-refractivity contribution in [2.24, 2.45) is 0 Å². The Morgan fingerprint density at radius 3 is 2.17 bits per heavy atom. The van der Waals surface area contributed by atoms with Crippen molar-refractivity contribution in [3.8, 4) is 0 Å². The maximum absolute atomic E-state index is 14.0. The smallest absolute Gasteiger partial charge is 0.264 e. The standard InChI is InChI=1S/C29H32Cl2FN3O4S/c1-4-16-33-29(37)27(5-2)34(18-21-8-15-25(30)26(31)17-21)28(36)19-35(23-11-9-22(32)10-12-23)40(38,39)24-13-6-20(3)7-14-24/h6-15,17,27H,4-5,16,18-19H2,1-3H3,(H,33,37). The molecule has 1 atom stereocenters. The van der Waals surface area contributed by atoms with Crippen molar-refractivity contribution in [2.75, 3.05) is 17.4 Å². The molecule has 0 saturated carbocycles. The van der Waals surface area contributed by atoms with Gasteiger partial charge < -0.3 is 10.2 Å². The van der Waals surface area contributed by atoms with Crippen LogP contribution in [0, 0.1) is 12.7 Å². The van der Waals surface area contributed by atoms with E-state index in [-0.39, 0.29) is 34.5 Å². The summed E-state index contributed by atoms with van der Waals surface area (Å²) in [4.78, 5) is 28.4. The fourth-order valence-corrected chi connectivity index (χ4v) is 5.83. The van der Waals surface area contributed by atoms with Gasteiger partial charge in [0.15, 0.2) is 0 Å². The van der Waals surface area contributed by atoms with Crippen molar-refractivity contribution in [1.29, 1.82) is 0 Å². The van der Waals surface area contributed by atoms with Crippen LogP contribution in [-0.4, -0.2) is 44.3 Å². The topological polar surface area (TPSA) is 86.8 Å². The van der Waals surface area contributed by atoms with E-state index < -0.39 is 34.3 Å². The zero-order valence-electron chi connectivity index (χ0n) is 22.5. The lowest BCUT2D eigenvalue weighted by atomic mass is 10.1. The Kier molecular flexibility index (Phi) is 11.0. The van der Waals surface area contributed by atoms with Gasteiger partial charge in [0, 0.05) is 13.1 Å². The largest absolute Gasteiger partial charge is 0.354 e. The summed E-state index contributed by atoms with van der Waals surface area (Å²) in [5.74, 6) is -1.53. The summed E-state index contributed by atoms with van der Waals surface area (Å²) in [5, 5.41) is 3.44. The summed E-state index contributed by atoms with van der Waals surface area (Å²) in [6.07, 6.45) is 0.986. The van der Waals surface area contributed by atoms with Crippen LogP contribution < -0.4 is 9.62 Å². The van der Waals surface area contributed by atoms with E-state index in [2.05, 4.69) is 5.32 Å². The molecule has 0 saturated heterocycles. The van der Waals surface area contributed by atoms with Gasteiger partial charge in [-0.15, -0.1) is 0 Å². The normalized spacial score (nSPS) is 12.1. The van der Waals surface area contributed by atoms with Crippen molar-refractivity contribution in [3.05, 3.63) is 93.7 Å². The molecule has 7 nitrogen and oxygen atoms in total. The molecular formula is C29H32Cl2FN3O4S. The zero-order valence-corrected chi connectivity index (χ0v) is 24.9. The predicted molar refractivity (Wildman–Crippen MR) is 157 cm³/mol. The molecule has 0 heterocycles. The van der Waals surface area contributed by atoms with Crippen LogP contribution in [0.2, 0.25) is 10.0 Å². The third-order valence-corrected chi connectivity index (χ3v) is 8.80. The molecule has 0 spiro atoms. The van der Waals surface area contributed by atoms with E-state index in [0.717, 1.165) is 22.0 Å². The molecule has 0 radical (unpaired) electrons. The number of halogens is 3. The number of rotatable bonds is 12. The highest BCUT2D eigenvalue weighted by atomic mass is 35.5. The molecule has 214 valence electrons. The Bertz CT molecular complexity index is 1430. The van der Waals surface area contributed by atoms with Gasteiger partial charge in [-0.1, -0.05) is 60.8 Å². The predicted octanol–water partition coefficient (Wildman–Crippen LogP) is 5.97. The van der Waals surface area contributed by atoms with Crippen LogP contribution in [0.25, 0.3) is 0 Å². The van der Waals surface area contributed by atoms with Crippen molar-refractivity contribution in [2.45, 2.75) is 51.1 Å². The number of aryl methyl sites for hydroxylation is 1. The second-order valence-corrected chi connectivity index (χ2v) is 12.0. The van der Waals surface area contributed by atoms with Gasteiger partial charge in [0.25, 0.3) is 10.0 Å². The molecule has 0 aromatic heterocycles. The van der Waals surface area contributed by atoms with E-state index >= 15 is 0 Å². The molecule has 0 aliphatic heterocycles. The van der Waals surface area contributed by atoms with Gasteiger partial charge in [-0.05, 0) is 73.9 Å². The summed E-state index contributed by atoms with van der Waals surface area (Å²) in [6.45, 7) is 5.29. The number of hydrogen-bond acceptors (Lipinski definition) is 4. The van der Waals surface area contributed by atoms with Crippen molar-refractivity contribution >= 4 is 50.7 Å². The summed E-state index contributed by atoms with van der Waals surface area (Å²) in [7, 11) is -4.24. The Balaban J connectivity index is 2.06. The first-order valence-corrected chi connectivity index (χ1v) is 15.0. The number of carbonyl (C=O) groups excluding carboxylic acids is 2. The Morgan fingerprint density at radius 1 is 0.950 bits per heavy atom. The third-order valence-electron chi connectivity index (χ3n) is 6.27. The molecular weight excluding hydrogens is 576 g/mol. The van der Waals surface area contributed by atoms with Crippen LogP contribution in [0.1, 0.15) is 37.8 Å². The molecule has 3 aromatic rings. The van der Waals surface area contributed by atoms with E-state index in [4.69, 9.17) is 23.2 Å². The number of sulfonamides is 1. The fourth-order valence-electron chi connectivity index (χ4n) is 4.09. The number of carbonyl (C=O) groups is 2. The number of anilines is 1. The van der Waals surface area contributed by atoms with Crippen LogP contribution >= 0.6 is 23.2 Å². The highest BCUT2D eigenvalue weighted by Gasteiger charge is 2.33. The van der Waals surface area contributed by atoms with Crippen LogP contribution in [0.5, 0.6) is 0 Å². The second-order valence-electron chi connectivity index (χ2n) is 9.29. The average Bonchev–Trinajstić information content (AvgIpc) is 2.93. The lowest BCUT2D eigenvalue weighted by molar-refractivity contribution is -0.140. The lowest BCUT2D eigenvalue weighted by Gasteiger charge is -2.33. The SMILES string of the molecule is CCCNC(=O)C(CC)N(Cc1ccc(Cl)c(Cl)c1)C(=O)CN(c1ccc(F)cc1)S(=O)(=O)c1ccc(C)cc1. The van der Waals surface area contributed by atoms with Crippen LogP contribution in [-0.2, 0) is 26.2 Å². The zero-order chi connectivity index (χ0) is 29.4. The first-order valence-electron chi connectivity index (χ1n) is 12.8. The van der Waals surface area contributed by atoms with E-state index in [1.165, 1.54) is 29.2 Å². The van der Waals surface area contributed by atoms with E-state index in [0.29, 0.717) is 23.6 Å². The van der Waals surface area contributed by atoms with Gasteiger partial charge in [-0.3, -0.25) is 13.9 Å². The van der Waals surface area contributed by atoms with E-state index in [1.807, 2.05) is 13.8 Å². The van der Waals surface area contributed by atoms with E-state index in [1.54, 1.807) is 37.3 Å². The first kappa shape index (κ1) is 31.4. The summed E-state index contributed by atoms with van der Waals surface area (Å²) in [6, 6.07) is 15.0. The first-order chi connectivity index (χ1) is 19.0. The molecule has 0 bridgehead atoms. The number of nitrogens with zero attached hydrogens (tertiary/aromatic N) is 2. The molecule has 1 unspecified atom stereocenters. The van der Waals surface area contributed by atoms with Gasteiger partial charge >= 0.3 is 0 Å². The monoisotopic (exact) mass is 607 g/mol. The average molecular weight is 609 g/mol. The van der Waals surface area contributed by atoms with Gasteiger partial charge in [-0.2, -0.15) is 0 Å². The van der Waals surface area contributed by atoms with Crippen molar-refractivity contribution in [1.82, 2.24) is 10.2 Å². The molecule has 40 heavy (non-hydrogen) atoms. The van der Waals surface area contributed by atoms with Gasteiger partial charge in [0.05, 0.1) is 20.6 Å². The van der Waals surface area contributed by atoms with Crippen LogP contribution in [0.4, 0.5) is 10.1 Å². The third kappa shape index (κ3) is 7.74. The fraction of sp³-hybridized carbons (Fsp3) is 0.310. The molecule has 11 heteroatoms. The minimum atomic E-state index is -4.24. The van der Waals surface area contributed by atoms with Gasteiger partial charge in [0.2, 0.25) is 11.8 Å². The Hall–Kier alpha value is -3.14. The maximum atomic E-state index is 14.0. The number of hydrogen-bond donors (Lipinski definition) is 1. The van der Waals surface area contributed by atoms with Gasteiger partial charge in [0.1, 0.15) is 18.4 Å². The Morgan fingerprint density at radius 2 is 1.60 bits per heavy atom. The highest BCUT2D eigenvalue weighted by molar-refractivity contribution is 7.92. The number of benzene rings is 3. The quantitative estimate of drug-likeness (QED) is 0.275. The number of amides is 2. The van der Waals surface area contributed by atoms with Crippen LogP contribution in [0.3, 0.4) is 0 Å². The molecule has 1 N–H and O–H groups in total. The molecule has 2 amide bonds. The van der Waals surface area contributed by atoms with Gasteiger partial charge in [-0.25, -0.2) is 12.8 Å². The van der Waals surface area contributed by atoms with Crippen molar-refractivity contribution in [3.63, 3.8) is 0 Å². The second kappa shape index (κ2) is 14.0. The molecule has 3 rings (SSSR count). The minimum Gasteiger partial charge on any atom is -0.354 e. The minimum absolute atomic E-state index is 0.0182. The molecule has 0 aliphatic rings. The molecule has 0 fully saturated rings. The molecule has 0 aliphatic carbocycles. The molecule has 3 aromatic carbocycles. The van der Waals surface area contributed by atoms with Crippen molar-refractivity contribution < 1.29 is 22.4 Å². The highest BCUT2D eigenvalue weighted by Crippen LogP contribution is 2.27. The summed E-state index contributed by atoms with van der Waals surface area (Å²) >= 11 is 12.3. The maximum Gasteiger partial charge on any atom is 0.264 e. The Labute approximate surface area is 244 Å². The lowest BCUT2D eigenvalue weighted by Crippen LogP contribution is -2.52. The summed E-state index contributed by atoms with van der Waals surface area (Å²) < 4.78 is 42.3. The number of nitrogens with one attached hydrogen (secondary N) is 1. The van der Waals surface area contributed by atoms with E-state index in [9.17, 15) is 22.4 Å².